The van der Waals surface area contributed by atoms with Crippen LogP contribution in [0.3, 0.4) is 0 Å². The average Bonchev–Trinajstić information content (AvgIpc) is 3.01. The van der Waals surface area contributed by atoms with Crippen molar-refractivity contribution in [3.05, 3.63) is 46.2 Å². The van der Waals surface area contributed by atoms with Crippen molar-refractivity contribution in [2.75, 3.05) is 0 Å². The molecule has 0 spiro atoms. The molecule has 3 rings (SSSR count). The maximum atomic E-state index is 5.70. The lowest BCUT2D eigenvalue weighted by Gasteiger charge is -2.21. The lowest BCUT2D eigenvalue weighted by Crippen LogP contribution is -2.31. The normalized spacial score (nSPS) is 20.2. The Bertz CT molecular complexity index is 497. The van der Waals surface area contributed by atoms with Crippen LogP contribution in [0.15, 0.2) is 30.0 Å². The zero-order valence-corrected chi connectivity index (χ0v) is 10.2. The molecule has 3 N–H and O–H groups in total. The Morgan fingerprint density at radius 3 is 3.24 bits per heavy atom. The fourth-order valence-corrected chi connectivity index (χ4v) is 3.29. The fraction of sp³-hybridized carbons (Fsp3) is 0.333. The Kier molecular flexibility index (Phi) is 2.88. The van der Waals surface area contributed by atoms with E-state index in [9.17, 15) is 0 Å². The minimum atomic E-state index is 0.124. The summed E-state index contributed by atoms with van der Waals surface area (Å²) in [6, 6.07) is 4.28. The minimum absolute atomic E-state index is 0.124. The Balaban J connectivity index is 1.95. The largest absolute Gasteiger partial charge is 0.271 e. The van der Waals surface area contributed by atoms with Crippen molar-refractivity contribution < 1.29 is 0 Å². The second-order valence-electron chi connectivity index (χ2n) is 4.24. The number of aromatic nitrogens is 2. The van der Waals surface area contributed by atoms with E-state index in [0.717, 1.165) is 12.8 Å². The summed E-state index contributed by atoms with van der Waals surface area (Å²) in [5.74, 6) is 6.06. The molecule has 2 unspecified atom stereocenters. The van der Waals surface area contributed by atoms with Crippen LogP contribution in [0.25, 0.3) is 0 Å². The molecule has 1 aliphatic carbocycles. The van der Waals surface area contributed by atoms with E-state index in [-0.39, 0.29) is 6.04 Å². The summed E-state index contributed by atoms with van der Waals surface area (Å²) in [4.78, 5) is 9.81. The highest BCUT2D eigenvalue weighted by molar-refractivity contribution is 7.09. The van der Waals surface area contributed by atoms with Crippen LogP contribution in [0.1, 0.15) is 34.5 Å². The maximum absolute atomic E-state index is 5.70. The second-order valence-corrected chi connectivity index (χ2v) is 5.16. The predicted octanol–water partition coefficient (Wildman–Crippen LogP) is 1.77. The van der Waals surface area contributed by atoms with Gasteiger partial charge in [0.25, 0.3) is 0 Å². The number of hydrogen-bond donors (Lipinski definition) is 2. The lowest BCUT2D eigenvalue weighted by molar-refractivity contribution is 0.452. The van der Waals surface area contributed by atoms with Gasteiger partial charge in [-0.3, -0.25) is 21.2 Å². The summed E-state index contributed by atoms with van der Waals surface area (Å²) in [7, 11) is 0. The van der Waals surface area contributed by atoms with Crippen LogP contribution in [0.4, 0.5) is 0 Å². The number of nitrogens with two attached hydrogens (primary N) is 1. The Morgan fingerprint density at radius 1 is 1.53 bits per heavy atom. The molecule has 0 saturated carbocycles. The molecule has 0 aliphatic heterocycles. The molecule has 0 radical (unpaired) electrons. The van der Waals surface area contributed by atoms with Gasteiger partial charge in [0, 0.05) is 28.9 Å². The lowest BCUT2D eigenvalue weighted by atomic mass is 9.96. The Labute approximate surface area is 104 Å². The van der Waals surface area contributed by atoms with Crippen LogP contribution in [0.2, 0.25) is 0 Å². The molecule has 2 heterocycles. The molecule has 2 aromatic rings. The van der Waals surface area contributed by atoms with Crippen LogP contribution < -0.4 is 11.3 Å². The highest BCUT2D eigenvalue weighted by Gasteiger charge is 2.31. The molecular weight excluding hydrogens is 232 g/mol. The summed E-state index contributed by atoms with van der Waals surface area (Å²) in [6.07, 6.45) is 5.93. The first-order chi connectivity index (χ1) is 8.40. The van der Waals surface area contributed by atoms with Gasteiger partial charge in [-0.1, -0.05) is 6.07 Å². The first-order valence-corrected chi connectivity index (χ1v) is 6.56. The second kappa shape index (κ2) is 4.52. The molecule has 0 fully saturated rings. The van der Waals surface area contributed by atoms with Crippen LogP contribution in [-0.4, -0.2) is 9.97 Å². The first-order valence-electron chi connectivity index (χ1n) is 5.68. The van der Waals surface area contributed by atoms with Gasteiger partial charge in [-0.2, -0.15) is 0 Å². The summed E-state index contributed by atoms with van der Waals surface area (Å²) in [5, 5.41) is 0. The quantitative estimate of drug-likeness (QED) is 0.640. The van der Waals surface area contributed by atoms with Gasteiger partial charge in [0.15, 0.2) is 0 Å². The molecular formula is C12H14N4S. The SMILES string of the molecule is NNC(c1cncs1)C1CCc2cccnc21. The third-order valence-electron chi connectivity index (χ3n) is 3.34. The van der Waals surface area contributed by atoms with Gasteiger partial charge >= 0.3 is 0 Å². The van der Waals surface area contributed by atoms with Crippen molar-refractivity contribution in [1.29, 1.82) is 0 Å². The zero-order valence-electron chi connectivity index (χ0n) is 9.34. The number of hydrogen-bond acceptors (Lipinski definition) is 5. The van der Waals surface area contributed by atoms with Gasteiger partial charge in [0.2, 0.25) is 0 Å². The van der Waals surface area contributed by atoms with Crippen LogP contribution in [-0.2, 0) is 6.42 Å². The van der Waals surface area contributed by atoms with Gasteiger partial charge in [-0.05, 0) is 24.5 Å². The van der Waals surface area contributed by atoms with Gasteiger partial charge in [-0.25, -0.2) is 0 Å². The molecule has 0 bridgehead atoms. The van der Waals surface area contributed by atoms with Crippen molar-refractivity contribution in [2.45, 2.75) is 24.8 Å². The number of hydrazine groups is 1. The summed E-state index contributed by atoms with van der Waals surface area (Å²) in [5.41, 5.74) is 7.29. The third-order valence-corrected chi connectivity index (χ3v) is 4.20. The van der Waals surface area contributed by atoms with E-state index in [1.807, 2.05) is 24.0 Å². The van der Waals surface area contributed by atoms with Crippen LogP contribution >= 0.6 is 11.3 Å². The standard InChI is InChI=1S/C12H14N4S/c13-16-12(10-6-14-7-17-10)9-4-3-8-2-1-5-15-11(8)9/h1-2,5-7,9,12,16H,3-4,13H2. The first kappa shape index (κ1) is 10.8. The van der Waals surface area contributed by atoms with E-state index in [2.05, 4.69) is 21.5 Å². The van der Waals surface area contributed by atoms with Crippen molar-refractivity contribution >= 4 is 11.3 Å². The third kappa shape index (κ3) is 1.86. The van der Waals surface area contributed by atoms with E-state index >= 15 is 0 Å². The van der Waals surface area contributed by atoms with E-state index in [1.165, 1.54) is 16.1 Å². The van der Waals surface area contributed by atoms with Gasteiger partial charge in [-0.15, -0.1) is 11.3 Å². The van der Waals surface area contributed by atoms with Gasteiger partial charge in [0.05, 0.1) is 11.6 Å². The summed E-state index contributed by atoms with van der Waals surface area (Å²) in [6.45, 7) is 0. The number of fused-ring (bicyclic) bond motifs is 1. The minimum Gasteiger partial charge on any atom is -0.271 e. The van der Waals surface area contributed by atoms with Crippen LogP contribution in [0.5, 0.6) is 0 Å². The molecule has 5 heteroatoms. The molecule has 17 heavy (non-hydrogen) atoms. The van der Waals surface area contributed by atoms with E-state index in [1.54, 1.807) is 11.3 Å². The number of aryl methyl sites for hydroxylation is 1. The van der Waals surface area contributed by atoms with Gasteiger partial charge < -0.3 is 0 Å². The van der Waals surface area contributed by atoms with Crippen molar-refractivity contribution in [1.82, 2.24) is 15.4 Å². The van der Waals surface area contributed by atoms with Crippen molar-refractivity contribution in [2.24, 2.45) is 5.84 Å². The fourth-order valence-electron chi connectivity index (χ4n) is 2.54. The number of rotatable bonds is 3. The molecule has 0 amide bonds. The zero-order chi connectivity index (χ0) is 11.7. The Hall–Kier alpha value is -1.30. The highest BCUT2D eigenvalue weighted by Crippen LogP contribution is 2.40. The monoisotopic (exact) mass is 246 g/mol. The van der Waals surface area contributed by atoms with E-state index in [4.69, 9.17) is 5.84 Å². The highest BCUT2D eigenvalue weighted by atomic mass is 32.1. The molecule has 0 aromatic carbocycles. The predicted molar refractivity (Wildman–Crippen MR) is 67.5 cm³/mol. The van der Waals surface area contributed by atoms with Gasteiger partial charge in [0.1, 0.15) is 0 Å². The molecule has 4 nitrogen and oxygen atoms in total. The number of thiazole rings is 1. The van der Waals surface area contributed by atoms with Crippen molar-refractivity contribution in [3.8, 4) is 0 Å². The van der Waals surface area contributed by atoms with E-state index in [0.29, 0.717) is 5.92 Å². The molecule has 0 saturated heterocycles. The number of pyridine rings is 1. The summed E-state index contributed by atoms with van der Waals surface area (Å²) < 4.78 is 0. The number of nitrogens with zero attached hydrogens (tertiary/aromatic N) is 2. The maximum Gasteiger partial charge on any atom is 0.0794 e. The summed E-state index contributed by atoms with van der Waals surface area (Å²) >= 11 is 1.64. The molecule has 2 atom stereocenters. The topological polar surface area (TPSA) is 63.8 Å². The number of nitrogens with one attached hydrogen (secondary N) is 1. The average molecular weight is 246 g/mol. The molecule has 2 aromatic heterocycles. The molecule has 88 valence electrons. The smallest absolute Gasteiger partial charge is 0.0794 e. The van der Waals surface area contributed by atoms with Crippen LogP contribution in [0, 0.1) is 0 Å². The molecule has 1 aliphatic rings. The van der Waals surface area contributed by atoms with E-state index < -0.39 is 0 Å². The Morgan fingerprint density at radius 2 is 2.47 bits per heavy atom. The van der Waals surface area contributed by atoms with Crippen molar-refractivity contribution in [3.63, 3.8) is 0 Å².